The van der Waals surface area contributed by atoms with Gasteiger partial charge in [0.05, 0.1) is 15.1 Å². The van der Waals surface area contributed by atoms with Gasteiger partial charge in [0.1, 0.15) is 0 Å². The molecule has 1 aliphatic carbocycles. The van der Waals surface area contributed by atoms with Gasteiger partial charge in [-0.15, -0.1) is 0 Å². The summed E-state index contributed by atoms with van der Waals surface area (Å²) in [6.45, 7) is 4.46. The molecule has 1 saturated carbocycles. The number of amides is 1. The summed E-state index contributed by atoms with van der Waals surface area (Å²) in [5.74, 6) is 0.0556. The van der Waals surface area contributed by atoms with Crippen molar-refractivity contribution in [1.82, 2.24) is 9.71 Å². The second kappa shape index (κ2) is 7.27. The molecule has 8 heteroatoms. The number of hydrogen-bond donors (Lipinski definition) is 2. The summed E-state index contributed by atoms with van der Waals surface area (Å²) in [6, 6.07) is 10.2. The van der Waals surface area contributed by atoms with E-state index >= 15 is 0 Å². The largest absolute Gasteiger partial charge is 0.298 e. The van der Waals surface area contributed by atoms with Crippen LogP contribution in [0, 0.1) is 19.8 Å². The van der Waals surface area contributed by atoms with E-state index in [0.717, 1.165) is 34.2 Å². The zero-order chi connectivity index (χ0) is 19.9. The van der Waals surface area contributed by atoms with Crippen LogP contribution in [-0.2, 0) is 10.0 Å². The van der Waals surface area contributed by atoms with Crippen molar-refractivity contribution >= 4 is 42.6 Å². The molecule has 0 saturated heterocycles. The van der Waals surface area contributed by atoms with E-state index in [1.807, 2.05) is 19.9 Å². The van der Waals surface area contributed by atoms with Crippen LogP contribution in [0.5, 0.6) is 0 Å². The number of benzene rings is 2. The van der Waals surface area contributed by atoms with Gasteiger partial charge in [0.2, 0.25) is 10.0 Å². The molecule has 6 nitrogen and oxygen atoms in total. The molecule has 2 N–H and O–H groups in total. The number of anilines is 1. The maximum atomic E-state index is 12.6. The predicted molar refractivity (Wildman–Crippen MR) is 111 cm³/mol. The summed E-state index contributed by atoms with van der Waals surface area (Å²) in [6.07, 6.45) is 2.12. The van der Waals surface area contributed by atoms with Gasteiger partial charge in [0.15, 0.2) is 5.13 Å². The Morgan fingerprint density at radius 3 is 2.75 bits per heavy atom. The van der Waals surface area contributed by atoms with Gasteiger partial charge in [-0.25, -0.2) is 18.1 Å². The monoisotopic (exact) mass is 415 g/mol. The summed E-state index contributed by atoms with van der Waals surface area (Å²) in [4.78, 5) is 17.2. The minimum atomic E-state index is -3.62. The van der Waals surface area contributed by atoms with Crippen molar-refractivity contribution in [2.24, 2.45) is 5.92 Å². The van der Waals surface area contributed by atoms with Crippen molar-refractivity contribution in [3.05, 3.63) is 53.1 Å². The van der Waals surface area contributed by atoms with Gasteiger partial charge < -0.3 is 0 Å². The number of aromatic nitrogens is 1. The minimum Gasteiger partial charge on any atom is -0.298 e. The quantitative estimate of drug-likeness (QED) is 0.640. The van der Waals surface area contributed by atoms with Crippen molar-refractivity contribution in [2.75, 3.05) is 11.9 Å². The van der Waals surface area contributed by atoms with Crippen molar-refractivity contribution in [1.29, 1.82) is 0 Å². The third-order valence-corrected chi connectivity index (χ3v) is 7.05. The van der Waals surface area contributed by atoms with Crippen LogP contribution >= 0.6 is 11.3 Å². The summed E-state index contributed by atoms with van der Waals surface area (Å²) in [5.41, 5.74) is 3.35. The predicted octanol–water partition coefficient (Wildman–Crippen LogP) is 3.85. The summed E-state index contributed by atoms with van der Waals surface area (Å²) < 4.78 is 28.5. The number of carbonyl (C=O) groups excluding carboxylic acids is 1. The zero-order valence-corrected chi connectivity index (χ0v) is 17.3. The lowest BCUT2D eigenvalue weighted by molar-refractivity contribution is 0.102. The van der Waals surface area contributed by atoms with Crippen LogP contribution in [0.4, 0.5) is 5.13 Å². The fourth-order valence-electron chi connectivity index (χ4n) is 3.03. The number of aryl methyl sites for hydroxylation is 2. The Bertz CT molecular complexity index is 1160. The highest BCUT2D eigenvalue weighted by molar-refractivity contribution is 7.89. The molecule has 1 aromatic heterocycles. The van der Waals surface area contributed by atoms with Crippen LogP contribution in [0.15, 0.2) is 41.3 Å². The van der Waals surface area contributed by atoms with Gasteiger partial charge in [-0.2, -0.15) is 0 Å². The minimum absolute atomic E-state index is 0.0940. The highest BCUT2D eigenvalue weighted by atomic mass is 32.2. The Labute approximate surface area is 168 Å². The molecular formula is C20H21N3O3S2. The topological polar surface area (TPSA) is 88.2 Å². The molecule has 0 unspecified atom stereocenters. The first kappa shape index (κ1) is 19.0. The molecule has 0 radical (unpaired) electrons. The molecule has 4 rings (SSSR count). The first-order valence-electron chi connectivity index (χ1n) is 9.11. The molecule has 28 heavy (non-hydrogen) atoms. The lowest BCUT2D eigenvalue weighted by Crippen LogP contribution is -2.26. The van der Waals surface area contributed by atoms with E-state index < -0.39 is 10.0 Å². The third kappa shape index (κ3) is 4.09. The van der Waals surface area contributed by atoms with Crippen molar-refractivity contribution < 1.29 is 13.2 Å². The number of nitrogens with one attached hydrogen (secondary N) is 2. The van der Waals surface area contributed by atoms with Crippen LogP contribution in [0.1, 0.15) is 34.3 Å². The number of nitrogens with zero attached hydrogens (tertiary/aromatic N) is 1. The molecule has 1 aliphatic rings. The first-order valence-corrected chi connectivity index (χ1v) is 11.4. The first-order chi connectivity index (χ1) is 13.3. The van der Waals surface area contributed by atoms with Crippen LogP contribution < -0.4 is 10.0 Å². The molecule has 1 heterocycles. The number of rotatable bonds is 6. The summed E-state index contributed by atoms with van der Waals surface area (Å²) in [7, 11) is -3.62. The van der Waals surface area contributed by atoms with Crippen LogP contribution in [-0.4, -0.2) is 25.9 Å². The van der Waals surface area contributed by atoms with Gasteiger partial charge in [0, 0.05) is 12.1 Å². The van der Waals surface area contributed by atoms with E-state index in [9.17, 15) is 13.2 Å². The van der Waals surface area contributed by atoms with E-state index in [1.54, 1.807) is 12.1 Å². The SMILES string of the molecule is Cc1cc(C)c2nc(NC(=O)c3cccc(S(=O)(=O)NCC4CC4)c3)sc2c1. The molecule has 1 fully saturated rings. The summed E-state index contributed by atoms with van der Waals surface area (Å²) in [5, 5.41) is 3.28. The zero-order valence-electron chi connectivity index (χ0n) is 15.7. The average molecular weight is 416 g/mol. The normalized spacial score (nSPS) is 14.4. The highest BCUT2D eigenvalue weighted by Gasteiger charge is 2.24. The van der Waals surface area contributed by atoms with Gasteiger partial charge in [-0.3, -0.25) is 10.1 Å². The van der Waals surface area contributed by atoms with Gasteiger partial charge in [-0.1, -0.05) is 23.5 Å². The Morgan fingerprint density at radius 1 is 1.21 bits per heavy atom. The average Bonchev–Trinajstić information content (AvgIpc) is 3.40. The lowest BCUT2D eigenvalue weighted by atomic mass is 10.1. The van der Waals surface area contributed by atoms with E-state index in [4.69, 9.17) is 0 Å². The van der Waals surface area contributed by atoms with E-state index in [0.29, 0.717) is 17.6 Å². The second-order valence-electron chi connectivity index (χ2n) is 7.22. The molecule has 0 bridgehead atoms. The maximum absolute atomic E-state index is 12.6. The third-order valence-electron chi connectivity index (χ3n) is 4.72. The van der Waals surface area contributed by atoms with Crippen LogP contribution in [0.2, 0.25) is 0 Å². The molecule has 2 aromatic carbocycles. The van der Waals surface area contributed by atoms with Gasteiger partial charge in [0.25, 0.3) is 5.91 Å². The fraction of sp³-hybridized carbons (Fsp3) is 0.300. The Morgan fingerprint density at radius 2 is 2.00 bits per heavy atom. The number of hydrogen-bond acceptors (Lipinski definition) is 5. The van der Waals surface area contributed by atoms with Crippen LogP contribution in [0.25, 0.3) is 10.2 Å². The Hall–Kier alpha value is -2.29. The lowest BCUT2D eigenvalue weighted by Gasteiger charge is -2.08. The highest BCUT2D eigenvalue weighted by Crippen LogP contribution is 2.30. The molecule has 0 aliphatic heterocycles. The molecule has 0 atom stereocenters. The molecule has 3 aromatic rings. The fourth-order valence-corrected chi connectivity index (χ4v) is 5.23. The Kier molecular flexibility index (Phi) is 4.95. The number of fused-ring (bicyclic) bond motifs is 1. The smallest absolute Gasteiger partial charge is 0.257 e. The molecule has 1 amide bonds. The number of carbonyl (C=O) groups is 1. The van der Waals surface area contributed by atoms with Crippen molar-refractivity contribution in [2.45, 2.75) is 31.6 Å². The molecule has 146 valence electrons. The maximum Gasteiger partial charge on any atom is 0.257 e. The van der Waals surface area contributed by atoms with Crippen LogP contribution in [0.3, 0.4) is 0 Å². The second-order valence-corrected chi connectivity index (χ2v) is 10.0. The van der Waals surface area contributed by atoms with E-state index in [2.05, 4.69) is 21.1 Å². The van der Waals surface area contributed by atoms with Crippen molar-refractivity contribution in [3.63, 3.8) is 0 Å². The van der Waals surface area contributed by atoms with Gasteiger partial charge in [-0.05, 0) is 68.0 Å². The summed E-state index contributed by atoms with van der Waals surface area (Å²) >= 11 is 1.40. The van der Waals surface area contributed by atoms with Crippen molar-refractivity contribution in [3.8, 4) is 0 Å². The molecule has 0 spiro atoms. The van der Waals surface area contributed by atoms with E-state index in [-0.39, 0.29) is 16.4 Å². The number of thiazole rings is 1. The number of sulfonamides is 1. The van der Waals surface area contributed by atoms with E-state index in [1.165, 1.54) is 23.5 Å². The Balaban J connectivity index is 1.54. The molecular weight excluding hydrogens is 394 g/mol. The standard InChI is InChI=1S/C20H21N3O3S2/c1-12-8-13(2)18-17(9-12)27-20(22-18)23-19(24)15-4-3-5-16(10-15)28(25,26)21-11-14-6-7-14/h3-5,8-10,14,21H,6-7,11H2,1-2H3,(H,22,23,24). The van der Waals surface area contributed by atoms with Gasteiger partial charge >= 0.3 is 0 Å².